The third kappa shape index (κ3) is 3.72. The van der Waals surface area contributed by atoms with E-state index in [4.69, 9.17) is 16.6 Å². The van der Waals surface area contributed by atoms with Crippen LogP contribution in [0.25, 0.3) is 64.8 Å². The van der Waals surface area contributed by atoms with Gasteiger partial charge in [-0.05, 0) is 69.9 Å². The average Bonchev–Trinajstić information content (AvgIpc) is 3.30. The summed E-state index contributed by atoms with van der Waals surface area (Å²) in [6, 6.07) is 37.9. The van der Waals surface area contributed by atoms with Gasteiger partial charge in [0.2, 0.25) is 5.28 Å². The maximum Gasteiger partial charge on any atom is 0.226 e. The fourth-order valence-corrected chi connectivity index (χ4v) is 5.93. The normalized spacial score (nSPS) is 11.5. The monoisotopic (exact) mass is 499 g/mol. The molecule has 2 heterocycles. The highest BCUT2D eigenvalue weighted by molar-refractivity contribution is 7.25. The lowest BCUT2D eigenvalue weighted by atomic mass is 9.99. The van der Waals surface area contributed by atoms with E-state index in [1.807, 2.05) is 12.1 Å². The molecule has 0 fully saturated rings. The third-order valence-electron chi connectivity index (χ3n) is 6.45. The zero-order valence-electron chi connectivity index (χ0n) is 19.0. The first-order chi connectivity index (χ1) is 17.7. The number of nitrogens with zero attached hydrogens (tertiary/aromatic N) is 3. The molecule has 5 heteroatoms. The summed E-state index contributed by atoms with van der Waals surface area (Å²) < 4.78 is 2.51. The lowest BCUT2D eigenvalue weighted by molar-refractivity contribution is 1.07. The molecule has 0 unspecified atom stereocenters. The summed E-state index contributed by atoms with van der Waals surface area (Å²) >= 11 is 8.19. The SMILES string of the molecule is Clc1nc(-c2cccc(-c3ccc4ccccc4c3)c2)nc(-c2ccc3sc4ccccc4c3c2)n1. The number of hydrogen-bond donors (Lipinski definition) is 0. The van der Waals surface area contributed by atoms with Crippen LogP contribution in [0, 0.1) is 0 Å². The van der Waals surface area contributed by atoms with Crippen molar-refractivity contribution in [1.29, 1.82) is 0 Å². The number of rotatable bonds is 3. The van der Waals surface area contributed by atoms with Crippen LogP contribution in [0.5, 0.6) is 0 Å². The van der Waals surface area contributed by atoms with Gasteiger partial charge in [-0.2, -0.15) is 9.97 Å². The van der Waals surface area contributed by atoms with Crippen molar-refractivity contribution in [3.05, 3.63) is 114 Å². The molecule has 36 heavy (non-hydrogen) atoms. The van der Waals surface area contributed by atoms with Crippen LogP contribution in [0.2, 0.25) is 5.28 Å². The van der Waals surface area contributed by atoms with E-state index in [1.54, 1.807) is 11.3 Å². The van der Waals surface area contributed by atoms with Gasteiger partial charge in [0, 0.05) is 31.3 Å². The van der Waals surface area contributed by atoms with Crippen LogP contribution in [-0.4, -0.2) is 15.0 Å². The van der Waals surface area contributed by atoms with Gasteiger partial charge in [-0.1, -0.05) is 72.8 Å². The van der Waals surface area contributed by atoms with Crippen molar-refractivity contribution in [3.8, 4) is 33.9 Å². The van der Waals surface area contributed by atoms with Crippen LogP contribution in [0.3, 0.4) is 0 Å². The topological polar surface area (TPSA) is 38.7 Å². The molecule has 0 saturated heterocycles. The molecule has 2 aromatic heterocycles. The molecule has 0 spiro atoms. The van der Waals surface area contributed by atoms with E-state index in [-0.39, 0.29) is 5.28 Å². The maximum absolute atomic E-state index is 6.40. The second kappa shape index (κ2) is 8.52. The Morgan fingerprint density at radius 2 is 1.14 bits per heavy atom. The molecular weight excluding hydrogens is 482 g/mol. The molecule has 0 amide bonds. The van der Waals surface area contributed by atoms with Gasteiger partial charge in [0.15, 0.2) is 11.6 Å². The van der Waals surface area contributed by atoms with E-state index in [0.29, 0.717) is 11.6 Å². The number of thiophene rings is 1. The molecule has 0 atom stereocenters. The average molecular weight is 500 g/mol. The Morgan fingerprint density at radius 3 is 2.03 bits per heavy atom. The van der Waals surface area contributed by atoms with Gasteiger partial charge >= 0.3 is 0 Å². The molecule has 0 aliphatic heterocycles. The first-order valence-electron chi connectivity index (χ1n) is 11.6. The summed E-state index contributed by atoms with van der Waals surface area (Å²) in [5, 5.41) is 5.05. The molecule has 5 aromatic carbocycles. The summed E-state index contributed by atoms with van der Waals surface area (Å²) in [5.41, 5.74) is 4.06. The minimum absolute atomic E-state index is 0.182. The Kier molecular flexibility index (Phi) is 5.01. The van der Waals surface area contributed by atoms with Crippen molar-refractivity contribution < 1.29 is 0 Å². The standard InChI is InChI=1S/C31H18ClN3S/c32-31-34-29(23-9-5-8-21(17-23)22-13-12-19-6-1-2-7-20(19)16-22)33-30(35-31)24-14-15-28-26(18-24)25-10-3-4-11-27(25)36-28/h1-18H. The maximum atomic E-state index is 6.40. The van der Waals surface area contributed by atoms with Crippen LogP contribution in [0.1, 0.15) is 0 Å². The van der Waals surface area contributed by atoms with Gasteiger partial charge < -0.3 is 0 Å². The molecule has 0 bridgehead atoms. The Morgan fingerprint density at radius 1 is 0.472 bits per heavy atom. The van der Waals surface area contributed by atoms with Crippen molar-refractivity contribution in [1.82, 2.24) is 15.0 Å². The van der Waals surface area contributed by atoms with Gasteiger partial charge in [-0.25, -0.2) is 4.98 Å². The van der Waals surface area contributed by atoms with Gasteiger partial charge in [-0.3, -0.25) is 0 Å². The van der Waals surface area contributed by atoms with E-state index in [9.17, 15) is 0 Å². The highest BCUT2D eigenvalue weighted by Gasteiger charge is 2.13. The Labute approximate surface area is 216 Å². The highest BCUT2D eigenvalue weighted by atomic mass is 35.5. The summed E-state index contributed by atoms with van der Waals surface area (Å²) in [6.07, 6.45) is 0. The Bertz CT molecular complexity index is 1930. The predicted molar refractivity (Wildman–Crippen MR) is 152 cm³/mol. The molecule has 3 nitrogen and oxygen atoms in total. The van der Waals surface area contributed by atoms with Crippen molar-refractivity contribution in [2.45, 2.75) is 0 Å². The first-order valence-corrected chi connectivity index (χ1v) is 12.8. The largest absolute Gasteiger partial charge is 0.226 e. The second-order valence-electron chi connectivity index (χ2n) is 8.70. The van der Waals surface area contributed by atoms with Gasteiger partial charge in [0.25, 0.3) is 0 Å². The summed E-state index contributed by atoms with van der Waals surface area (Å²) in [5.74, 6) is 1.13. The molecule has 0 N–H and O–H groups in total. The fraction of sp³-hybridized carbons (Fsp3) is 0. The fourth-order valence-electron chi connectivity index (χ4n) is 4.68. The van der Waals surface area contributed by atoms with E-state index < -0.39 is 0 Å². The molecule has 0 aliphatic carbocycles. The van der Waals surface area contributed by atoms with E-state index in [2.05, 4.69) is 107 Å². The second-order valence-corrected chi connectivity index (χ2v) is 10.1. The quantitative estimate of drug-likeness (QED) is 0.243. The number of aromatic nitrogens is 3. The summed E-state index contributed by atoms with van der Waals surface area (Å²) in [6.45, 7) is 0. The zero-order chi connectivity index (χ0) is 24.1. The van der Waals surface area contributed by atoms with Gasteiger partial charge in [0.1, 0.15) is 0 Å². The smallest absolute Gasteiger partial charge is 0.208 e. The molecule has 170 valence electrons. The van der Waals surface area contributed by atoms with Crippen LogP contribution in [-0.2, 0) is 0 Å². The molecule has 7 rings (SSSR count). The lowest BCUT2D eigenvalue weighted by Crippen LogP contribution is -1.97. The third-order valence-corrected chi connectivity index (χ3v) is 7.77. The summed E-state index contributed by atoms with van der Waals surface area (Å²) in [4.78, 5) is 13.8. The van der Waals surface area contributed by atoms with E-state index in [0.717, 1.165) is 22.3 Å². The lowest BCUT2D eigenvalue weighted by Gasteiger charge is -2.08. The Hall–Kier alpha value is -4.12. The molecule has 0 radical (unpaired) electrons. The number of halogens is 1. The number of hydrogen-bond acceptors (Lipinski definition) is 4. The van der Waals surface area contributed by atoms with Crippen molar-refractivity contribution >= 4 is 53.9 Å². The minimum atomic E-state index is 0.182. The molecule has 7 aromatic rings. The summed E-state index contributed by atoms with van der Waals surface area (Å²) in [7, 11) is 0. The van der Waals surface area contributed by atoms with Crippen molar-refractivity contribution in [2.24, 2.45) is 0 Å². The minimum Gasteiger partial charge on any atom is -0.208 e. The van der Waals surface area contributed by atoms with Crippen LogP contribution < -0.4 is 0 Å². The predicted octanol–water partition coefficient (Wildman–Crippen LogP) is 9.05. The number of fused-ring (bicyclic) bond motifs is 4. The molecule has 0 aliphatic rings. The van der Waals surface area contributed by atoms with Crippen LogP contribution in [0.15, 0.2) is 109 Å². The van der Waals surface area contributed by atoms with Crippen LogP contribution >= 0.6 is 22.9 Å². The van der Waals surface area contributed by atoms with Gasteiger partial charge in [0.05, 0.1) is 0 Å². The molecule has 0 saturated carbocycles. The molecular formula is C31H18ClN3S. The van der Waals surface area contributed by atoms with E-state index >= 15 is 0 Å². The number of benzene rings is 5. The van der Waals surface area contributed by atoms with E-state index in [1.165, 1.54) is 30.9 Å². The highest BCUT2D eigenvalue weighted by Crippen LogP contribution is 2.36. The van der Waals surface area contributed by atoms with Crippen molar-refractivity contribution in [2.75, 3.05) is 0 Å². The first kappa shape index (κ1) is 21.2. The van der Waals surface area contributed by atoms with Crippen molar-refractivity contribution in [3.63, 3.8) is 0 Å². The van der Waals surface area contributed by atoms with Gasteiger partial charge in [-0.15, -0.1) is 11.3 Å². The Balaban J connectivity index is 1.32. The zero-order valence-corrected chi connectivity index (χ0v) is 20.6. The van der Waals surface area contributed by atoms with Crippen LogP contribution in [0.4, 0.5) is 0 Å².